The smallest absolute Gasteiger partial charge is 0.349 e. The van der Waals surface area contributed by atoms with Crippen LogP contribution in [-0.4, -0.2) is 24.2 Å². The highest BCUT2D eigenvalue weighted by Gasteiger charge is 2.25. The second-order valence-electron chi connectivity index (χ2n) is 7.59. The molecule has 2 heterocycles. The standard InChI is InChI=1S/C26H19N3O4S/c1-16-7-9-17(10-8-16)15-27-29(26-28-21-12-11-19(32-2)14-23(21)34-26)24(30)20-13-18-5-3-4-6-22(18)33-25(20)31/h3-15H,1-2H3/b27-15+. The second kappa shape index (κ2) is 8.92. The number of hydrogen-bond donors (Lipinski definition) is 0. The summed E-state index contributed by atoms with van der Waals surface area (Å²) >= 11 is 1.27. The largest absolute Gasteiger partial charge is 0.497 e. The first-order valence-corrected chi connectivity index (χ1v) is 11.3. The Labute approximate surface area is 198 Å². The molecule has 5 aromatic rings. The number of thiazole rings is 1. The highest BCUT2D eigenvalue weighted by atomic mass is 32.1. The molecular weight excluding hydrogens is 450 g/mol. The molecule has 0 radical (unpaired) electrons. The van der Waals surface area contributed by atoms with E-state index in [9.17, 15) is 9.59 Å². The highest BCUT2D eigenvalue weighted by molar-refractivity contribution is 7.22. The number of aryl methyl sites for hydroxylation is 1. The molecule has 0 fully saturated rings. The van der Waals surface area contributed by atoms with Crippen LogP contribution in [0, 0.1) is 6.92 Å². The van der Waals surface area contributed by atoms with E-state index in [2.05, 4.69) is 10.1 Å². The number of carbonyl (C=O) groups is 1. The molecule has 0 spiro atoms. The molecule has 8 heteroatoms. The number of carbonyl (C=O) groups excluding carboxylic acids is 1. The molecule has 0 aliphatic carbocycles. The second-order valence-corrected chi connectivity index (χ2v) is 8.60. The quantitative estimate of drug-likeness (QED) is 0.195. The Balaban J connectivity index is 1.61. The van der Waals surface area contributed by atoms with Crippen LogP contribution < -0.4 is 15.4 Å². The minimum atomic E-state index is -0.734. The summed E-state index contributed by atoms with van der Waals surface area (Å²) in [6.45, 7) is 1.99. The number of para-hydroxylation sites is 1. The summed E-state index contributed by atoms with van der Waals surface area (Å²) in [7, 11) is 1.59. The predicted octanol–water partition coefficient (Wildman–Crippen LogP) is 5.40. The molecular formula is C26H19N3O4S. The first-order chi connectivity index (χ1) is 16.5. The summed E-state index contributed by atoms with van der Waals surface area (Å²) in [5, 5.41) is 6.53. The van der Waals surface area contributed by atoms with E-state index in [0.717, 1.165) is 20.8 Å². The van der Waals surface area contributed by atoms with Crippen molar-refractivity contribution in [2.45, 2.75) is 6.92 Å². The van der Waals surface area contributed by atoms with Crippen molar-refractivity contribution in [3.63, 3.8) is 0 Å². The first-order valence-electron chi connectivity index (χ1n) is 10.4. The summed E-state index contributed by atoms with van der Waals surface area (Å²) in [6, 6.07) is 21.7. The van der Waals surface area contributed by atoms with Gasteiger partial charge in [-0.2, -0.15) is 10.1 Å². The number of nitrogens with zero attached hydrogens (tertiary/aromatic N) is 3. The summed E-state index contributed by atoms with van der Waals surface area (Å²) in [6.07, 6.45) is 1.56. The maximum Gasteiger partial charge on any atom is 0.349 e. The van der Waals surface area contributed by atoms with E-state index < -0.39 is 11.5 Å². The number of aromatic nitrogens is 1. The van der Waals surface area contributed by atoms with Crippen LogP contribution in [0.3, 0.4) is 0 Å². The Hall–Kier alpha value is -4.30. The number of benzene rings is 3. The van der Waals surface area contributed by atoms with Gasteiger partial charge in [-0.25, -0.2) is 9.78 Å². The summed E-state index contributed by atoms with van der Waals surface area (Å²) in [5.41, 5.74) is 2.15. The number of anilines is 1. The molecule has 1 amide bonds. The molecule has 5 rings (SSSR count). The van der Waals surface area contributed by atoms with Gasteiger partial charge in [0, 0.05) is 5.39 Å². The van der Waals surface area contributed by atoms with Crippen LogP contribution in [0.25, 0.3) is 21.2 Å². The molecule has 0 N–H and O–H groups in total. The van der Waals surface area contributed by atoms with E-state index in [4.69, 9.17) is 9.15 Å². The van der Waals surface area contributed by atoms with Gasteiger partial charge in [-0.15, -0.1) is 0 Å². The summed E-state index contributed by atoms with van der Waals surface area (Å²) in [4.78, 5) is 30.8. The van der Waals surface area contributed by atoms with Crippen LogP contribution in [0.4, 0.5) is 5.13 Å². The molecule has 0 saturated carbocycles. The number of methoxy groups -OCH3 is 1. The summed E-state index contributed by atoms with van der Waals surface area (Å²) < 4.78 is 11.5. The number of rotatable bonds is 5. The molecule has 0 atom stereocenters. The van der Waals surface area contributed by atoms with Crippen molar-refractivity contribution in [2.75, 3.05) is 12.1 Å². The van der Waals surface area contributed by atoms with E-state index in [1.807, 2.05) is 49.4 Å². The van der Waals surface area contributed by atoms with Crippen molar-refractivity contribution < 1.29 is 13.9 Å². The Bertz CT molecular complexity index is 1600. The lowest BCUT2D eigenvalue weighted by molar-refractivity contribution is 0.0984. The number of fused-ring (bicyclic) bond motifs is 2. The molecule has 0 aliphatic rings. The van der Waals surface area contributed by atoms with Crippen molar-refractivity contribution in [3.05, 3.63) is 99.9 Å². The number of ether oxygens (including phenoxy) is 1. The van der Waals surface area contributed by atoms with Crippen molar-refractivity contribution in [1.82, 2.24) is 4.98 Å². The first kappa shape index (κ1) is 21.5. The zero-order chi connectivity index (χ0) is 23.7. The third kappa shape index (κ3) is 4.18. The molecule has 168 valence electrons. The van der Waals surface area contributed by atoms with Gasteiger partial charge < -0.3 is 9.15 Å². The van der Waals surface area contributed by atoms with E-state index in [0.29, 0.717) is 27.4 Å². The predicted molar refractivity (Wildman–Crippen MR) is 134 cm³/mol. The van der Waals surface area contributed by atoms with E-state index >= 15 is 0 Å². The van der Waals surface area contributed by atoms with Crippen LogP contribution in [0.2, 0.25) is 0 Å². The number of amides is 1. The Morgan fingerprint density at radius 2 is 1.88 bits per heavy atom. The van der Waals surface area contributed by atoms with Gasteiger partial charge in [0.25, 0.3) is 5.91 Å². The zero-order valence-electron chi connectivity index (χ0n) is 18.4. The Kier molecular flexibility index (Phi) is 5.65. The molecule has 2 aromatic heterocycles. The topological polar surface area (TPSA) is 85.0 Å². The van der Waals surface area contributed by atoms with Gasteiger partial charge in [-0.1, -0.05) is 59.4 Å². The van der Waals surface area contributed by atoms with Crippen molar-refractivity contribution >= 4 is 49.8 Å². The van der Waals surface area contributed by atoms with Crippen LogP contribution in [0.15, 0.2) is 87.1 Å². The number of hydrazone groups is 1. The Morgan fingerprint density at radius 3 is 2.68 bits per heavy atom. The maximum atomic E-state index is 13.6. The van der Waals surface area contributed by atoms with E-state index in [-0.39, 0.29) is 5.56 Å². The third-order valence-electron chi connectivity index (χ3n) is 5.23. The third-order valence-corrected chi connectivity index (χ3v) is 6.22. The lowest BCUT2D eigenvalue weighted by atomic mass is 10.2. The average Bonchev–Trinajstić information content (AvgIpc) is 3.27. The van der Waals surface area contributed by atoms with Gasteiger partial charge >= 0.3 is 5.63 Å². The van der Waals surface area contributed by atoms with Crippen molar-refractivity contribution in [1.29, 1.82) is 0 Å². The van der Waals surface area contributed by atoms with Gasteiger partial charge in [-0.05, 0) is 42.8 Å². The monoisotopic (exact) mass is 469 g/mol. The van der Waals surface area contributed by atoms with Gasteiger partial charge in [-0.3, -0.25) is 4.79 Å². The fourth-order valence-corrected chi connectivity index (χ4v) is 4.35. The van der Waals surface area contributed by atoms with Crippen molar-refractivity contribution in [2.24, 2.45) is 5.10 Å². The molecule has 0 unspecified atom stereocenters. The molecule has 7 nitrogen and oxygen atoms in total. The van der Waals surface area contributed by atoms with Gasteiger partial charge in [0.1, 0.15) is 16.9 Å². The lowest BCUT2D eigenvalue weighted by Gasteiger charge is -2.13. The van der Waals surface area contributed by atoms with Crippen molar-refractivity contribution in [3.8, 4) is 5.75 Å². The van der Waals surface area contributed by atoms with Gasteiger partial charge in [0.05, 0.1) is 23.5 Å². The SMILES string of the molecule is COc1ccc2nc(N(/N=C/c3ccc(C)cc3)C(=O)c3cc4ccccc4oc3=O)sc2c1. The van der Waals surface area contributed by atoms with Gasteiger partial charge in [0.2, 0.25) is 5.13 Å². The molecule has 3 aromatic carbocycles. The fourth-order valence-electron chi connectivity index (χ4n) is 3.40. The zero-order valence-corrected chi connectivity index (χ0v) is 19.2. The maximum absolute atomic E-state index is 13.6. The van der Waals surface area contributed by atoms with Crippen LogP contribution >= 0.6 is 11.3 Å². The fraction of sp³-hybridized carbons (Fsp3) is 0.0769. The lowest BCUT2D eigenvalue weighted by Crippen LogP contribution is -2.30. The highest BCUT2D eigenvalue weighted by Crippen LogP contribution is 2.32. The van der Waals surface area contributed by atoms with E-state index in [1.54, 1.807) is 37.6 Å². The number of hydrogen-bond acceptors (Lipinski definition) is 7. The van der Waals surface area contributed by atoms with E-state index in [1.165, 1.54) is 17.4 Å². The molecule has 34 heavy (non-hydrogen) atoms. The van der Waals surface area contributed by atoms with Crippen LogP contribution in [0.5, 0.6) is 5.75 Å². The minimum absolute atomic E-state index is 0.128. The Morgan fingerprint density at radius 1 is 1.09 bits per heavy atom. The van der Waals surface area contributed by atoms with Gasteiger partial charge in [0.15, 0.2) is 0 Å². The summed E-state index contributed by atoms with van der Waals surface area (Å²) in [5.74, 6) is 0.0489. The van der Waals surface area contributed by atoms with Crippen LogP contribution in [-0.2, 0) is 0 Å². The van der Waals surface area contributed by atoms with Crippen LogP contribution in [0.1, 0.15) is 21.5 Å². The molecule has 0 bridgehead atoms. The average molecular weight is 470 g/mol. The molecule has 0 aliphatic heterocycles. The minimum Gasteiger partial charge on any atom is -0.497 e. The normalized spacial score (nSPS) is 11.4. The molecule has 0 saturated heterocycles.